The van der Waals surface area contributed by atoms with Gasteiger partial charge in [0, 0.05) is 98.3 Å². The standard InChI is InChI=1S/C19H13F2NO4S.C17H11F2NO2S.C8H5FO3S.C8H7FO2S.C8H5FOS/c1-10-19(14-7-11(20)2-4-16(14)22(10)8-18(23)24)15-9-27(25,26)17-5-3-12(21)6-13(15)17;1-9-17(13-7-10(18)2-4-15(13)20-9)14-8-23(21,22)16-5-3-11(19)6-12(14)16;9-5-1-2-8-6(3-5)7(10)4-13(8,11)12;9-6-1-3-7(4-2-6)12-5-8(10)11;9-5-1-2-8-6(3-5)7(10)4-11-8/h2-7,9H,8H2,1H3,(H,23,24);2-8,20H,1H3;1-3H,4H2;1-4H,5H2,(H,10,11);1-3H,4H2. The van der Waals surface area contributed by atoms with Gasteiger partial charge >= 0.3 is 11.9 Å². The van der Waals surface area contributed by atoms with Gasteiger partial charge in [0.1, 0.15) is 53.0 Å². The van der Waals surface area contributed by atoms with Crippen molar-refractivity contribution in [2.24, 2.45) is 0 Å². The van der Waals surface area contributed by atoms with Gasteiger partial charge in [0.25, 0.3) is 0 Å². The van der Waals surface area contributed by atoms with E-state index in [9.17, 15) is 80.3 Å². The molecule has 7 aromatic carbocycles. The van der Waals surface area contributed by atoms with Gasteiger partial charge in [0.05, 0.1) is 26.2 Å². The zero-order valence-corrected chi connectivity index (χ0v) is 48.4. The van der Waals surface area contributed by atoms with Gasteiger partial charge in [-0.25, -0.2) is 56.0 Å². The number of carboxylic acid groups (broad SMARTS) is 2. The molecule has 0 unspecified atom stereocenters. The molecule has 4 aliphatic rings. The number of ketones is 2. The maximum Gasteiger partial charge on any atom is 0.323 e. The molecule has 9 aromatic rings. The van der Waals surface area contributed by atoms with Crippen LogP contribution in [0.5, 0.6) is 0 Å². The van der Waals surface area contributed by atoms with E-state index in [1.165, 1.54) is 101 Å². The van der Waals surface area contributed by atoms with E-state index in [0.717, 1.165) is 57.0 Å². The van der Waals surface area contributed by atoms with Crippen molar-refractivity contribution in [2.75, 3.05) is 17.3 Å². The summed E-state index contributed by atoms with van der Waals surface area (Å²) in [6.07, 6.45) is 0. The van der Waals surface area contributed by atoms with Gasteiger partial charge in [0.15, 0.2) is 21.4 Å². The first-order valence-corrected chi connectivity index (χ1v) is 31.7. The zero-order valence-electron chi connectivity index (χ0n) is 44.3. The maximum atomic E-state index is 13.9. The average Bonchev–Trinajstić information content (AvgIpc) is 1.97. The van der Waals surface area contributed by atoms with Gasteiger partial charge in [-0.05, 0) is 147 Å². The molecule has 86 heavy (non-hydrogen) atoms. The van der Waals surface area contributed by atoms with E-state index in [1.807, 2.05) is 0 Å². The summed E-state index contributed by atoms with van der Waals surface area (Å²) in [6, 6.07) is 28.3. The SMILES string of the molecule is Cc1[nH]c2ccc(F)cc2c1C1=CS(=O)(=O)c2ccc(F)cc21.Cc1c(C2=CS(=O)(=O)c3ccc(F)cc32)c2cc(F)ccc2n1CC(=O)O.O=C(O)CSc1ccc(F)cc1.O=C1CS(=O)(=O)c2ccc(F)cc21.O=C1CSc2ccc(F)cc21. The number of nitrogens with zero attached hydrogens (tertiary/aromatic N) is 1. The highest BCUT2D eigenvalue weighted by Crippen LogP contribution is 2.44. The summed E-state index contributed by atoms with van der Waals surface area (Å²) in [5, 5.41) is 20.6. The van der Waals surface area contributed by atoms with E-state index in [1.54, 1.807) is 38.1 Å². The minimum Gasteiger partial charge on any atom is -0.481 e. The van der Waals surface area contributed by atoms with Crippen molar-refractivity contribution in [2.45, 2.75) is 44.9 Å². The molecule has 0 saturated carbocycles. The molecule has 0 atom stereocenters. The van der Waals surface area contributed by atoms with Crippen LogP contribution in [0, 0.1) is 54.6 Å². The van der Waals surface area contributed by atoms with Crippen LogP contribution in [0.4, 0.5) is 30.7 Å². The van der Waals surface area contributed by atoms with Crippen molar-refractivity contribution in [3.8, 4) is 0 Å². The summed E-state index contributed by atoms with van der Waals surface area (Å²) in [4.78, 5) is 48.3. The Morgan fingerprint density at radius 1 is 0.547 bits per heavy atom. The fraction of sp³-hybridized carbons (Fsp3) is 0.100. The van der Waals surface area contributed by atoms with Crippen molar-refractivity contribution in [3.05, 3.63) is 230 Å². The van der Waals surface area contributed by atoms with Crippen molar-refractivity contribution >= 4 is 109 Å². The molecule has 0 bridgehead atoms. The van der Waals surface area contributed by atoms with Crippen molar-refractivity contribution in [3.63, 3.8) is 0 Å². The number of aryl methyl sites for hydroxylation is 1. The Morgan fingerprint density at radius 2 is 1.02 bits per heavy atom. The lowest BCUT2D eigenvalue weighted by molar-refractivity contribution is -0.137. The lowest BCUT2D eigenvalue weighted by Gasteiger charge is -2.07. The summed E-state index contributed by atoms with van der Waals surface area (Å²) in [6.45, 7) is 3.03. The third kappa shape index (κ3) is 13.1. The molecule has 0 fully saturated rings. The first-order valence-electron chi connectivity index (χ1n) is 24.9. The summed E-state index contributed by atoms with van der Waals surface area (Å²) in [5.74, 6) is -5.86. The average molecular weight is 1280 g/mol. The predicted molar refractivity (Wildman–Crippen MR) is 308 cm³/mol. The number of sulfone groups is 3. The monoisotopic (exact) mass is 1270 g/mol. The van der Waals surface area contributed by atoms with E-state index in [0.29, 0.717) is 66.8 Å². The van der Waals surface area contributed by atoms with Crippen LogP contribution in [0.1, 0.15) is 54.4 Å². The van der Waals surface area contributed by atoms with Crippen molar-refractivity contribution in [1.29, 1.82) is 0 Å². The number of hydrogen-bond acceptors (Lipinski definition) is 12. The van der Waals surface area contributed by atoms with Gasteiger partial charge in [-0.15, -0.1) is 23.5 Å². The van der Waals surface area contributed by atoms with E-state index in [4.69, 9.17) is 5.11 Å². The number of Topliss-reactive ketones (excluding diaryl/α,β-unsaturated/α-hetero) is 2. The van der Waals surface area contributed by atoms with Crippen molar-refractivity contribution < 1.29 is 85.4 Å². The molecule has 26 heteroatoms. The Labute approximate surface area is 493 Å². The minimum atomic E-state index is -3.78. The first kappa shape index (κ1) is 62.0. The van der Waals surface area contributed by atoms with Gasteiger partial charge < -0.3 is 19.8 Å². The number of carbonyl (C=O) groups is 4. The Bertz CT molecular complexity index is 4750. The lowest BCUT2D eigenvalue weighted by Crippen LogP contribution is -2.10. The number of fused-ring (bicyclic) bond motifs is 6. The molecule has 14 nitrogen and oxygen atoms in total. The number of carbonyl (C=O) groups excluding carboxylic acids is 2. The molecule has 0 amide bonds. The number of rotatable bonds is 7. The van der Waals surface area contributed by atoms with Gasteiger partial charge in [-0.1, -0.05) is 0 Å². The van der Waals surface area contributed by atoms with Gasteiger partial charge in [0.2, 0.25) is 19.7 Å². The number of aliphatic carboxylic acids is 2. The maximum absolute atomic E-state index is 13.9. The molecule has 3 N–H and O–H groups in total. The number of aromatic nitrogens is 2. The largest absolute Gasteiger partial charge is 0.481 e. The minimum absolute atomic E-state index is 0.00559. The molecule has 13 rings (SSSR count). The lowest BCUT2D eigenvalue weighted by atomic mass is 9.97. The summed E-state index contributed by atoms with van der Waals surface area (Å²) in [7, 11) is -10.9. The first-order chi connectivity index (χ1) is 40.5. The quantitative estimate of drug-likeness (QED) is 0.0765. The molecule has 0 radical (unpaired) electrons. The van der Waals surface area contributed by atoms with Crippen LogP contribution in [-0.4, -0.2) is 85.8 Å². The number of H-pyrrole nitrogens is 1. The van der Waals surface area contributed by atoms with E-state index < -0.39 is 82.1 Å². The predicted octanol–water partition coefficient (Wildman–Crippen LogP) is 12.3. The molecule has 0 saturated heterocycles. The highest BCUT2D eigenvalue weighted by molar-refractivity contribution is 8.00. The fourth-order valence-corrected chi connectivity index (χ4v) is 15.5. The van der Waals surface area contributed by atoms with Crippen LogP contribution in [0.2, 0.25) is 0 Å². The number of aromatic amines is 1. The highest BCUT2D eigenvalue weighted by Gasteiger charge is 2.35. The molecule has 6 heterocycles. The number of hydrogen-bond donors (Lipinski definition) is 3. The summed E-state index contributed by atoms with van der Waals surface area (Å²) >= 11 is 2.64. The van der Waals surface area contributed by atoms with E-state index in [2.05, 4.69) is 4.98 Å². The molecule has 0 spiro atoms. The van der Waals surface area contributed by atoms with E-state index in [-0.39, 0.29) is 61.1 Å². The number of halogens is 7. The molecule has 4 aliphatic heterocycles. The molecular formula is C60H41F7N2O12S5. The molecule has 0 aliphatic carbocycles. The Hall–Kier alpha value is -8.56. The summed E-state index contributed by atoms with van der Waals surface area (Å²) in [5.41, 5.74) is 4.85. The smallest absolute Gasteiger partial charge is 0.323 e. The summed E-state index contributed by atoms with van der Waals surface area (Å²) < 4.78 is 166. The topological polar surface area (TPSA) is 232 Å². The van der Waals surface area contributed by atoms with Crippen LogP contribution in [0.25, 0.3) is 33.0 Å². The second-order valence-electron chi connectivity index (χ2n) is 19.2. The highest BCUT2D eigenvalue weighted by atomic mass is 32.2. The Morgan fingerprint density at radius 3 is 1.59 bits per heavy atom. The molecule has 442 valence electrons. The van der Waals surface area contributed by atoms with Crippen LogP contribution in [0.3, 0.4) is 0 Å². The Kier molecular flexibility index (Phi) is 17.6. The van der Waals surface area contributed by atoms with Crippen LogP contribution in [0.15, 0.2) is 169 Å². The number of thioether (sulfide) groups is 2. The zero-order chi connectivity index (χ0) is 62.3. The van der Waals surface area contributed by atoms with Gasteiger partial charge in [-0.2, -0.15) is 0 Å². The van der Waals surface area contributed by atoms with Crippen LogP contribution in [-0.2, 0) is 45.6 Å². The second kappa shape index (κ2) is 24.4. The molecular weight excluding hydrogens is 1230 g/mol. The van der Waals surface area contributed by atoms with Crippen molar-refractivity contribution in [1.82, 2.24) is 9.55 Å². The molecule has 2 aromatic heterocycles. The normalized spacial score (nSPS) is 15.0. The second-order valence-corrected chi connectivity index (χ2v) is 26.7. The van der Waals surface area contributed by atoms with E-state index >= 15 is 0 Å². The number of nitrogens with one attached hydrogen (secondary N) is 1. The van der Waals surface area contributed by atoms with Crippen LogP contribution < -0.4 is 0 Å². The third-order valence-electron chi connectivity index (χ3n) is 13.4. The van der Waals surface area contributed by atoms with Gasteiger partial charge in [-0.3, -0.25) is 19.2 Å². The number of carboxylic acids is 2. The third-order valence-corrected chi connectivity index (χ3v) is 20.1. The Balaban J connectivity index is 0.000000135. The fourth-order valence-electron chi connectivity index (χ4n) is 9.71. The van der Waals surface area contributed by atoms with Crippen LogP contribution >= 0.6 is 23.5 Å². The number of benzene rings is 7.